The van der Waals surface area contributed by atoms with E-state index in [4.69, 9.17) is 0 Å². The number of likely N-dealkylation sites (tertiary alicyclic amines) is 1. The summed E-state index contributed by atoms with van der Waals surface area (Å²) in [7, 11) is 3.44. The van der Waals surface area contributed by atoms with Gasteiger partial charge in [-0.15, -0.1) is 5.10 Å². The quantitative estimate of drug-likeness (QED) is 0.865. The van der Waals surface area contributed by atoms with E-state index in [1.165, 1.54) is 4.90 Å². The zero-order chi connectivity index (χ0) is 16.3. The van der Waals surface area contributed by atoms with Crippen LogP contribution in [0.5, 0.6) is 0 Å². The highest BCUT2D eigenvalue weighted by Gasteiger charge is 2.35. The van der Waals surface area contributed by atoms with Crippen molar-refractivity contribution in [2.75, 3.05) is 27.2 Å². The Balaban J connectivity index is 1.96. The smallest absolute Gasteiger partial charge is 0.224 e. The molecule has 2 rings (SSSR count). The predicted octanol–water partition coefficient (Wildman–Crippen LogP) is 0.664. The Morgan fingerprint density at radius 3 is 2.82 bits per heavy atom. The summed E-state index contributed by atoms with van der Waals surface area (Å²) in [6.45, 7) is 6.19. The Bertz CT molecular complexity index is 514. The van der Waals surface area contributed by atoms with Gasteiger partial charge in [0.15, 0.2) is 0 Å². The third-order valence-corrected chi connectivity index (χ3v) is 4.09. The molecule has 0 aliphatic carbocycles. The first-order valence-electron chi connectivity index (χ1n) is 7.85. The van der Waals surface area contributed by atoms with Gasteiger partial charge in [0.25, 0.3) is 0 Å². The van der Waals surface area contributed by atoms with Crippen molar-refractivity contribution in [3.05, 3.63) is 11.9 Å². The first kappa shape index (κ1) is 16.9. The van der Waals surface area contributed by atoms with E-state index in [2.05, 4.69) is 29.1 Å². The topological polar surface area (TPSA) is 74.5 Å². The van der Waals surface area contributed by atoms with Crippen molar-refractivity contribution < 1.29 is 9.90 Å². The van der Waals surface area contributed by atoms with Gasteiger partial charge in [0.2, 0.25) is 5.91 Å². The third kappa shape index (κ3) is 4.27. The summed E-state index contributed by atoms with van der Waals surface area (Å²) in [4.78, 5) is 15.6. The van der Waals surface area contributed by atoms with Crippen molar-refractivity contribution in [1.29, 1.82) is 0 Å². The molecule has 1 aliphatic rings. The second-order valence-corrected chi connectivity index (χ2v) is 6.79. The van der Waals surface area contributed by atoms with E-state index in [0.717, 1.165) is 18.7 Å². The van der Waals surface area contributed by atoms with Crippen LogP contribution in [0.4, 0.5) is 0 Å². The van der Waals surface area contributed by atoms with Gasteiger partial charge in [0, 0.05) is 33.2 Å². The molecule has 1 N–H and O–H groups in total. The molecule has 2 heterocycles. The fraction of sp³-hybridized carbons (Fsp3) is 0.800. The normalized spacial score (nSPS) is 23.0. The molecule has 0 aromatic carbocycles. The van der Waals surface area contributed by atoms with Gasteiger partial charge in [-0.3, -0.25) is 9.69 Å². The fourth-order valence-corrected chi connectivity index (χ4v) is 2.79. The Hall–Kier alpha value is -1.47. The van der Waals surface area contributed by atoms with Crippen molar-refractivity contribution >= 4 is 5.91 Å². The molecule has 1 aliphatic heterocycles. The van der Waals surface area contributed by atoms with Crippen LogP contribution < -0.4 is 0 Å². The second kappa shape index (κ2) is 6.75. The van der Waals surface area contributed by atoms with Crippen LogP contribution in [-0.4, -0.2) is 68.6 Å². The molecule has 1 saturated heterocycles. The monoisotopic (exact) mass is 309 g/mol. The highest BCUT2D eigenvalue weighted by Crippen LogP contribution is 2.26. The minimum Gasteiger partial charge on any atom is -0.388 e. The average Bonchev–Trinajstić information content (AvgIpc) is 2.86. The summed E-state index contributed by atoms with van der Waals surface area (Å²) < 4.78 is 1.83. The minimum absolute atomic E-state index is 0.0323. The zero-order valence-corrected chi connectivity index (χ0v) is 14.0. The molecular formula is C15H27N5O2. The molecule has 7 heteroatoms. The Morgan fingerprint density at radius 2 is 2.23 bits per heavy atom. The van der Waals surface area contributed by atoms with Crippen LogP contribution in [0.25, 0.3) is 0 Å². The molecule has 1 atom stereocenters. The number of β-amino-alcohol motifs (C(OH)–C–C–N with tert-alkyl or cyclic N) is 1. The molecule has 1 amide bonds. The number of aromatic nitrogens is 3. The van der Waals surface area contributed by atoms with Crippen molar-refractivity contribution in [2.24, 2.45) is 0 Å². The number of carbonyl (C=O) groups is 1. The number of amides is 1. The number of aliphatic hydroxyl groups is 1. The standard InChI is InChI=1S/C15H27N5O2/c1-12(2)20-10-13(16-17-20)9-19-7-5-6-15(22,11-19)8-14(21)18(3)4/h10,12,22H,5-9,11H2,1-4H3. The molecule has 7 nitrogen and oxygen atoms in total. The summed E-state index contributed by atoms with van der Waals surface area (Å²) >= 11 is 0. The van der Waals surface area contributed by atoms with Gasteiger partial charge in [0.1, 0.15) is 0 Å². The second-order valence-electron chi connectivity index (χ2n) is 6.79. The number of nitrogens with zero attached hydrogens (tertiary/aromatic N) is 5. The Morgan fingerprint density at radius 1 is 1.50 bits per heavy atom. The van der Waals surface area contributed by atoms with E-state index in [1.807, 2.05) is 10.9 Å². The number of piperidine rings is 1. The van der Waals surface area contributed by atoms with E-state index in [-0.39, 0.29) is 18.4 Å². The largest absolute Gasteiger partial charge is 0.388 e. The molecule has 0 saturated carbocycles. The zero-order valence-electron chi connectivity index (χ0n) is 14.0. The summed E-state index contributed by atoms with van der Waals surface area (Å²) in [5.74, 6) is -0.0323. The first-order chi connectivity index (χ1) is 10.3. The maximum atomic E-state index is 11.9. The summed E-state index contributed by atoms with van der Waals surface area (Å²) in [5, 5.41) is 19.0. The van der Waals surface area contributed by atoms with Gasteiger partial charge < -0.3 is 10.0 Å². The van der Waals surface area contributed by atoms with Gasteiger partial charge >= 0.3 is 0 Å². The molecular weight excluding hydrogens is 282 g/mol. The lowest BCUT2D eigenvalue weighted by Gasteiger charge is -2.39. The third-order valence-electron chi connectivity index (χ3n) is 4.09. The van der Waals surface area contributed by atoms with Gasteiger partial charge in [-0.1, -0.05) is 5.21 Å². The molecule has 124 valence electrons. The summed E-state index contributed by atoms with van der Waals surface area (Å²) in [5.41, 5.74) is -0.0370. The maximum absolute atomic E-state index is 11.9. The lowest BCUT2D eigenvalue weighted by Crippen LogP contribution is -2.50. The van der Waals surface area contributed by atoms with Crippen molar-refractivity contribution in [2.45, 2.75) is 51.3 Å². The van der Waals surface area contributed by atoms with E-state index < -0.39 is 5.60 Å². The fourth-order valence-electron chi connectivity index (χ4n) is 2.79. The molecule has 0 bridgehead atoms. The molecule has 0 spiro atoms. The SMILES string of the molecule is CC(C)n1cc(CN2CCCC(O)(CC(=O)N(C)C)C2)nn1. The van der Waals surface area contributed by atoms with Crippen LogP contribution in [0.3, 0.4) is 0 Å². The molecule has 1 aromatic rings. The van der Waals surface area contributed by atoms with Crippen LogP contribution in [0.1, 0.15) is 44.8 Å². The number of hydrogen-bond acceptors (Lipinski definition) is 5. The van der Waals surface area contributed by atoms with Gasteiger partial charge in [-0.05, 0) is 33.2 Å². The van der Waals surface area contributed by atoms with Gasteiger partial charge in [-0.2, -0.15) is 0 Å². The van der Waals surface area contributed by atoms with Crippen LogP contribution in [-0.2, 0) is 11.3 Å². The van der Waals surface area contributed by atoms with E-state index in [1.54, 1.807) is 14.1 Å². The summed E-state index contributed by atoms with van der Waals surface area (Å²) in [6.07, 6.45) is 3.68. The van der Waals surface area contributed by atoms with Crippen LogP contribution in [0.2, 0.25) is 0 Å². The lowest BCUT2D eigenvalue weighted by molar-refractivity contribution is -0.136. The molecule has 1 unspecified atom stereocenters. The van der Waals surface area contributed by atoms with E-state index in [0.29, 0.717) is 19.5 Å². The minimum atomic E-state index is -0.937. The van der Waals surface area contributed by atoms with Crippen molar-refractivity contribution in [3.63, 3.8) is 0 Å². The first-order valence-corrected chi connectivity index (χ1v) is 7.85. The van der Waals surface area contributed by atoms with Crippen molar-refractivity contribution in [1.82, 2.24) is 24.8 Å². The number of hydrogen-bond donors (Lipinski definition) is 1. The van der Waals surface area contributed by atoms with E-state index in [9.17, 15) is 9.90 Å². The molecule has 0 radical (unpaired) electrons. The average molecular weight is 309 g/mol. The van der Waals surface area contributed by atoms with Crippen LogP contribution >= 0.6 is 0 Å². The number of rotatable bonds is 5. The molecule has 22 heavy (non-hydrogen) atoms. The van der Waals surface area contributed by atoms with Gasteiger partial charge in [0.05, 0.1) is 23.9 Å². The molecule has 1 fully saturated rings. The maximum Gasteiger partial charge on any atom is 0.224 e. The summed E-state index contributed by atoms with van der Waals surface area (Å²) in [6, 6.07) is 0.289. The lowest BCUT2D eigenvalue weighted by atomic mass is 9.89. The highest BCUT2D eigenvalue weighted by atomic mass is 16.3. The Labute approximate surface area is 131 Å². The molecule has 1 aromatic heterocycles. The van der Waals surface area contributed by atoms with Crippen LogP contribution in [0.15, 0.2) is 6.20 Å². The predicted molar refractivity (Wildman–Crippen MR) is 83.2 cm³/mol. The van der Waals surface area contributed by atoms with E-state index >= 15 is 0 Å². The van der Waals surface area contributed by atoms with Gasteiger partial charge in [-0.25, -0.2) is 4.68 Å². The van der Waals surface area contributed by atoms with Crippen molar-refractivity contribution in [3.8, 4) is 0 Å². The Kier molecular flexibility index (Phi) is 5.18. The number of carbonyl (C=O) groups excluding carboxylic acids is 1. The highest BCUT2D eigenvalue weighted by molar-refractivity contribution is 5.76. The van der Waals surface area contributed by atoms with Crippen LogP contribution in [0, 0.1) is 0 Å².